The van der Waals surface area contributed by atoms with E-state index in [2.05, 4.69) is 50.3 Å². The third kappa shape index (κ3) is 33.1. The molecule has 0 aromatic carbocycles. The van der Waals surface area contributed by atoms with Crippen molar-refractivity contribution >= 4 is 11.9 Å². The highest BCUT2D eigenvalue weighted by Gasteiger charge is 2.44. The Balaban J connectivity index is 2.27. The number of carbonyl (C=O) groups is 2. The summed E-state index contributed by atoms with van der Waals surface area (Å²) in [5, 5.41) is 40.2. The molecule has 10 heteroatoms. The van der Waals surface area contributed by atoms with Gasteiger partial charge < -0.3 is 39.4 Å². The van der Waals surface area contributed by atoms with Crippen molar-refractivity contribution in [3.8, 4) is 0 Å². The van der Waals surface area contributed by atoms with Gasteiger partial charge in [-0.05, 0) is 70.6 Å². The lowest BCUT2D eigenvalue weighted by atomic mass is 9.99. The fourth-order valence-corrected chi connectivity index (χ4v) is 7.51. The predicted molar refractivity (Wildman–Crippen MR) is 247 cm³/mol. The first-order valence-electron chi connectivity index (χ1n) is 25.1. The monoisotopic (exact) mass is 865 g/mol. The summed E-state index contributed by atoms with van der Waals surface area (Å²) in [4.78, 5) is 25.4. The lowest BCUT2D eigenvalue weighted by Crippen LogP contribution is -2.59. The molecule has 1 heterocycles. The number of hydrogen-bond donors (Lipinski definition) is 4. The molecule has 1 fully saturated rings. The van der Waals surface area contributed by atoms with Gasteiger partial charge in [-0.2, -0.15) is 0 Å². The second-order valence-electron chi connectivity index (χ2n) is 17.3. The van der Waals surface area contributed by atoms with Gasteiger partial charge in [0.05, 0.1) is 13.2 Å². The van der Waals surface area contributed by atoms with Crippen molar-refractivity contribution in [2.45, 2.75) is 256 Å². The Morgan fingerprint density at radius 1 is 0.508 bits per heavy atom. The summed E-state index contributed by atoms with van der Waals surface area (Å²) in [5.41, 5.74) is 0. The number of esters is 2. The fraction of sp³-hybridized carbons (Fsp3) is 0.843. The number of carbonyl (C=O) groups excluding carboxylic acids is 2. The number of allylic oxidation sites excluding steroid dienone is 6. The van der Waals surface area contributed by atoms with Crippen molar-refractivity contribution in [3.05, 3.63) is 36.5 Å². The number of aliphatic hydroxyl groups is 4. The maximum Gasteiger partial charge on any atom is 0.306 e. The van der Waals surface area contributed by atoms with Crippen molar-refractivity contribution in [2.24, 2.45) is 0 Å². The lowest BCUT2D eigenvalue weighted by molar-refractivity contribution is -0.305. The van der Waals surface area contributed by atoms with Crippen molar-refractivity contribution in [3.63, 3.8) is 0 Å². The van der Waals surface area contributed by atoms with Gasteiger partial charge in [-0.1, -0.05) is 172 Å². The van der Waals surface area contributed by atoms with Crippen LogP contribution in [0, 0.1) is 0 Å². The molecule has 61 heavy (non-hydrogen) atoms. The smallest absolute Gasteiger partial charge is 0.306 e. The summed E-state index contributed by atoms with van der Waals surface area (Å²) in [7, 11) is 0. The van der Waals surface area contributed by atoms with Crippen molar-refractivity contribution < 1.29 is 49.0 Å². The molecule has 10 nitrogen and oxygen atoms in total. The largest absolute Gasteiger partial charge is 0.462 e. The molecule has 0 amide bonds. The van der Waals surface area contributed by atoms with Gasteiger partial charge in [0.15, 0.2) is 12.4 Å². The molecule has 6 atom stereocenters. The molecule has 0 aromatic rings. The second kappa shape index (κ2) is 41.9. The standard InChI is InChI=1S/C51H92O10/c1-3-5-7-9-11-13-15-17-19-20-21-22-23-24-26-28-30-32-34-36-38-40-47(54)60-44(43-59-51-50(57)49(56)48(55)45(41-52)61-51)42-58-46(53)39-37-35-33-31-29-27-25-18-16-14-12-10-8-6-4-2/h12,14,17-19,25,44-45,48-52,55-57H,3-11,13,15-16,20-24,26-43H2,1-2H3/b14-12+,19-17+,25-18+/t44-,45-,48+,49?,50?,51-/m1/s1. The molecule has 0 saturated carbocycles. The van der Waals surface area contributed by atoms with E-state index < -0.39 is 49.4 Å². The van der Waals surface area contributed by atoms with E-state index in [0.717, 1.165) is 57.8 Å². The Bertz CT molecular complexity index is 1090. The zero-order chi connectivity index (χ0) is 44.4. The maximum atomic E-state index is 12.8. The van der Waals surface area contributed by atoms with Crippen LogP contribution in [0.3, 0.4) is 0 Å². The number of aliphatic hydroxyl groups excluding tert-OH is 4. The first-order chi connectivity index (χ1) is 29.8. The first kappa shape index (κ1) is 56.9. The molecule has 1 saturated heterocycles. The van der Waals surface area contributed by atoms with Crippen LogP contribution in [0.4, 0.5) is 0 Å². The molecular formula is C51H92O10. The van der Waals surface area contributed by atoms with E-state index >= 15 is 0 Å². The van der Waals surface area contributed by atoms with Crippen LogP contribution in [0.25, 0.3) is 0 Å². The highest BCUT2D eigenvalue weighted by molar-refractivity contribution is 5.70. The van der Waals surface area contributed by atoms with Gasteiger partial charge in [0.25, 0.3) is 0 Å². The lowest BCUT2D eigenvalue weighted by Gasteiger charge is -2.39. The molecule has 4 N–H and O–H groups in total. The topological polar surface area (TPSA) is 152 Å². The molecule has 0 aliphatic carbocycles. The fourth-order valence-electron chi connectivity index (χ4n) is 7.51. The average Bonchev–Trinajstić information content (AvgIpc) is 3.26. The molecule has 0 bridgehead atoms. The van der Waals surface area contributed by atoms with E-state index in [9.17, 15) is 30.0 Å². The minimum Gasteiger partial charge on any atom is -0.462 e. The van der Waals surface area contributed by atoms with Crippen molar-refractivity contribution in [1.29, 1.82) is 0 Å². The number of ether oxygens (including phenoxy) is 4. The molecule has 0 aromatic heterocycles. The highest BCUT2D eigenvalue weighted by Crippen LogP contribution is 2.23. The van der Waals surface area contributed by atoms with E-state index in [1.165, 1.54) is 122 Å². The molecule has 2 unspecified atom stereocenters. The quantitative estimate of drug-likeness (QED) is 0.0265. The number of unbranched alkanes of at least 4 members (excludes halogenated alkanes) is 25. The SMILES string of the molecule is CCCCC/C=C/C/C=C/CCCCCCCC(=O)OC[C@H](CO[C@@H]1O[C@H](CO)[C@H](O)C(O)C1O)OC(=O)CCCCCCCCCCCCC/C=C/CCCCCCCC. The number of rotatable bonds is 42. The molecule has 1 rings (SSSR count). The van der Waals surface area contributed by atoms with E-state index in [0.29, 0.717) is 12.8 Å². The summed E-state index contributed by atoms with van der Waals surface area (Å²) >= 11 is 0. The average molecular weight is 865 g/mol. The molecule has 1 aliphatic heterocycles. The van der Waals surface area contributed by atoms with E-state index in [1.807, 2.05) is 0 Å². The van der Waals surface area contributed by atoms with Crippen LogP contribution in [0.15, 0.2) is 36.5 Å². The summed E-state index contributed by atoms with van der Waals surface area (Å²) in [6, 6.07) is 0. The molecule has 356 valence electrons. The Morgan fingerprint density at radius 2 is 0.918 bits per heavy atom. The highest BCUT2D eigenvalue weighted by atomic mass is 16.7. The Hall–Kier alpha value is -2.08. The molecule has 0 spiro atoms. The third-order valence-corrected chi connectivity index (χ3v) is 11.5. The first-order valence-corrected chi connectivity index (χ1v) is 25.1. The van der Waals surface area contributed by atoms with Gasteiger partial charge in [-0.3, -0.25) is 9.59 Å². The van der Waals surface area contributed by atoms with Gasteiger partial charge in [0.1, 0.15) is 31.0 Å². The number of hydrogen-bond acceptors (Lipinski definition) is 10. The van der Waals surface area contributed by atoms with Gasteiger partial charge in [-0.15, -0.1) is 0 Å². The van der Waals surface area contributed by atoms with Gasteiger partial charge in [-0.25, -0.2) is 0 Å². The van der Waals surface area contributed by atoms with Crippen LogP contribution < -0.4 is 0 Å². The van der Waals surface area contributed by atoms with E-state index in [4.69, 9.17) is 18.9 Å². The van der Waals surface area contributed by atoms with Crippen LogP contribution in [0.1, 0.15) is 219 Å². The van der Waals surface area contributed by atoms with E-state index in [1.54, 1.807) is 0 Å². The van der Waals surface area contributed by atoms with Crippen molar-refractivity contribution in [1.82, 2.24) is 0 Å². The van der Waals surface area contributed by atoms with Crippen LogP contribution >= 0.6 is 0 Å². The van der Waals surface area contributed by atoms with Crippen LogP contribution in [-0.4, -0.2) is 89.0 Å². The third-order valence-electron chi connectivity index (χ3n) is 11.5. The van der Waals surface area contributed by atoms with Crippen LogP contribution in [0.2, 0.25) is 0 Å². The Labute approximate surface area is 372 Å². The summed E-state index contributed by atoms with van der Waals surface area (Å²) in [6.07, 6.45) is 41.5. The van der Waals surface area contributed by atoms with Crippen LogP contribution in [-0.2, 0) is 28.5 Å². The summed E-state index contributed by atoms with van der Waals surface area (Å²) < 4.78 is 22.2. The van der Waals surface area contributed by atoms with Crippen LogP contribution in [0.5, 0.6) is 0 Å². The summed E-state index contributed by atoms with van der Waals surface area (Å²) in [5.74, 6) is -0.818. The Morgan fingerprint density at radius 3 is 1.41 bits per heavy atom. The van der Waals surface area contributed by atoms with Gasteiger partial charge in [0, 0.05) is 12.8 Å². The normalized spacial score (nSPS) is 20.0. The predicted octanol–water partition coefficient (Wildman–Crippen LogP) is 11.4. The zero-order valence-electron chi connectivity index (χ0n) is 38.9. The second-order valence-corrected chi connectivity index (χ2v) is 17.3. The summed E-state index contributed by atoms with van der Waals surface area (Å²) in [6.45, 7) is 3.40. The minimum atomic E-state index is -1.60. The molecule has 0 radical (unpaired) electrons. The minimum absolute atomic E-state index is 0.224. The maximum absolute atomic E-state index is 12.8. The molecule has 1 aliphatic rings. The van der Waals surface area contributed by atoms with E-state index in [-0.39, 0.29) is 32.0 Å². The molecular weight excluding hydrogens is 773 g/mol. The van der Waals surface area contributed by atoms with Gasteiger partial charge in [0.2, 0.25) is 0 Å². The zero-order valence-corrected chi connectivity index (χ0v) is 38.9. The van der Waals surface area contributed by atoms with Crippen molar-refractivity contribution in [2.75, 3.05) is 19.8 Å². The van der Waals surface area contributed by atoms with Gasteiger partial charge >= 0.3 is 11.9 Å². The Kier molecular flexibility index (Phi) is 39.1.